The van der Waals surface area contributed by atoms with Crippen LogP contribution in [0, 0.1) is 6.92 Å². The minimum Gasteiger partial charge on any atom is -0.378 e. The molecular weight excluding hydrogens is 308 g/mol. The summed E-state index contributed by atoms with van der Waals surface area (Å²) in [4.78, 5) is 4.46. The number of benzene rings is 2. The predicted octanol–water partition coefficient (Wildman–Crippen LogP) is 3.20. The highest BCUT2D eigenvalue weighted by Crippen LogP contribution is 2.30. The lowest BCUT2D eigenvalue weighted by molar-refractivity contribution is -0.00270. The zero-order valence-electron chi connectivity index (χ0n) is 13.1. The first-order valence-electron chi connectivity index (χ1n) is 7.95. The number of hydrogen-bond donors (Lipinski definition) is 1. The molecule has 1 aliphatic heterocycles. The summed E-state index contributed by atoms with van der Waals surface area (Å²) in [5, 5.41) is 10.4. The summed E-state index contributed by atoms with van der Waals surface area (Å²) in [6, 6.07) is 18.8. The van der Waals surface area contributed by atoms with Crippen molar-refractivity contribution in [2.24, 2.45) is 0 Å². The normalized spacial score (nSPS) is 19.4. The summed E-state index contributed by atoms with van der Waals surface area (Å²) in [7, 11) is 0. The zero-order valence-corrected chi connectivity index (χ0v) is 13.9. The Kier molecular flexibility index (Phi) is 5.34. The van der Waals surface area contributed by atoms with Gasteiger partial charge < -0.3 is 5.11 Å². The van der Waals surface area contributed by atoms with E-state index < -0.39 is 6.23 Å². The highest BCUT2D eigenvalue weighted by Gasteiger charge is 2.27. The average Bonchev–Trinajstić information content (AvgIpc) is 2.58. The smallest absolute Gasteiger partial charge is 0.107 e. The SMILES string of the molecule is [CH2][C@@H](O)N1CCN(C(c2ccccc2)c2ccc(Cl)cc2)CC1. The van der Waals surface area contributed by atoms with E-state index in [1.807, 2.05) is 23.1 Å². The number of aliphatic hydroxyl groups excluding tert-OH is 1. The molecule has 1 saturated heterocycles. The van der Waals surface area contributed by atoms with Crippen LogP contribution in [0.25, 0.3) is 0 Å². The van der Waals surface area contributed by atoms with Gasteiger partial charge in [-0.05, 0) is 30.2 Å². The molecule has 121 valence electrons. The van der Waals surface area contributed by atoms with Crippen molar-refractivity contribution in [2.75, 3.05) is 26.2 Å². The lowest BCUT2D eigenvalue weighted by atomic mass is 9.96. The maximum atomic E-state index is 9.65. The number of piperazine rings is 1. The van der Waals surface area contributed by atoms with Crippen molar-refractivity contribution in [1.29, 1.82) is 0 Å². The fourth-order valence-electron chi connectivity index (χ4n) is 3.19. The highest BCUT2D eigenvalue weighted by atomic mass is 35.5. The third-order valence-corrected chi connectivity index (χ3v) is 4.69. The minimum absolute atomic E-state index is 0.206. The van der Waals surface area contributed by atoms with E-state index in [1.54, 1.807) is 0 Å². The molecule has 1 N–H and O–H groups in total. The molecule has 1 radical (unpaired) electrons. The first kappa shape index (κ1) is 16.5. The first-order chi connectivity index (χ1) is 11.1. The Bertz CT molecular complexity index is 607. The largest absolute Gasteiger partial charge is 0.378 e. The van der Waals surface area contributed by atoms with Gasteiger partial charge in [-0.25, -0.2) is 0 Å². The second-order valence-corrected chi connectivity index (χ2v) is 6.35. The van der Waals surface area contributed by atoms with Gasteiger partial charge in [0.1, 0.15) is 6.23 Å². The molecule has 1 unspecified atom stereocenters. The van der Waals surface area contributed by atoms with Crippen LogP contribution in [0.2, 0.25) is 5.02 Å². The van der Waals surface area contributed by atoms with E-state index in [0.717, 1.165) is 31.2 Å². The maximum Gasteiger partial charge on any atom is 0.107 e. The molecular formula is C19H22ClN2O. The average molecular weight is 330 g/mol. The minimum atomic E-state index is -0.622. The number of aliphatic hydroxyl groups is 1. The van der Waals surface area contributed by atoms with Gasteiger partial charge in [-0.1, -0.05) is 54.1 Å². The van der Waals surface area contributed by atoms with Crippen molar-refractivity contribution < 1.29 is 5.11 Å². The molecule has 0 spiro atoms. The number of halogens is 1. The van der Waals surface area contributed by atoms with Crippen molar-refractivity contribution in [3.05, 3.63) is 77.7 Å². The van der Waals surface area contributed by atoms with Crippen LogP contribution in [-0.4, -0.2) is 47.3 Å². The maximum absolute atomic E-state index is 9.65. The van der Waals surface area contributed by atoms with Crippen LogP contribution in [0.3, 0.4) is 0 Å². The molecule has 4 heteroatoms. The number of nitrogens with zero attached hydrogens (tertiary/aromatic N) is 2. The summed E-state index contributed by atoms with van der Waals surface area (Å²) in [5.74, 6) is 0. The quantitative estimate of drug-likeness (QED) is 0.933. The lowest BCUT2D eigenvalue weighted by Gasteiger charge is -2.40. The van der Waals surface area contributed by atoms with Gasteiger partial charge in [0.2, 0.25) is 0 Å². The van der Waals surface area contributed by atoms with Crippen LogP contribution < -0.4 is 0 Å². The van der Waals surface area contributed by atoms with E-state index in [1.165, 1.54) is 11.1 Å². The topological polar surface area (TPSA) is 26.7 Å². The van der Waals surface area contributed by atoms with Gasteiger partial charge >= 0.3 is 0 Å². The fraction of sp³-hybridized carbons (Fsp3) is 0.316. The second-order valence-electron chi connectivity index (χ2n) is 5.92. The molecule has 0 amide bonds. The monoisotopic (exact) mass is 329 g/mol. The number of rotatable bonds is 4. The lowest BCUT2D eigenvalue weighted by Crippen LogP contribution is -2.50. The van der Waals surface area contributed by atoms with Crippen LogP contribution in [-0.2, 0) is 0 Å². The summed E-state index contributed by atoms with van der Waals surface area (Å²) in [6.07, 6.45) is -0.622. The second kappa shape index (κ2) is 7.45. The van der Waals surface area contributed by atoms with Gasteiger partial charge in [0.15, 0.2) is 0 Å². The Balaban J connectivity index is 1.86. The van der Waals surface area contributed by atoms with Crippen LogP contribution in [0.4, 0.5) is 0 Å². The Hall–Kier alpha value is -1.39. The van der Waals surface area contributed by atoms with Gasteiger partial charge in [-0.2, -0.15) is 0 Å². The molecule has 1 fully saturated rings. The Morgan fingerprint density at radius 1 is 0.826 bits per heavy atom. The fourth-order valence-corrected chi connectivity index (χ4v) is 3.31. The number of hydrogen-bond acceptors (Lipinski definition) is 3. The van der Waals surface area contributed by atoms with Crippen LogP contribution in [0.1, 0.15) is 17.2 Å². The Labute approximate surface area is 143 Å². The standard InChI is InChI=1S/C19H22ClN2O/c1-15(23)21-11-13-22(14-12-21)19(16-5-3-2-4-6-16)17-7-9-18(20)10-8-17/h2-10,15,19,23H,1,11-14H2/t15-,19?/m1/s1. The molecule has 0 bridgehead atoms. The third kappa shape index (κ3) is 3.93. The van der Waals surface area contributed by atoms with Gasteiger partial charge in [-0.3, -0.25) is 9.80 Å². The van der Waals surface area contributed by atoms with Crippen molar-refractivity contribution in [3.8, 4) is 0 Å². The van der Waals surface area contributed by atoms with Gasteiger partial charge in [0.25, 0.3) is 0 Å². The van der Waals surface area contributed by atoms with Crippen molar-refractivity contribution in [2.45, 2.75) is 12.3 Å². The van der Waals surface area contributed by atoms with Crippen LogP contribution in [0.15, 0.2) is 54.6 Å². The zero-order chi connectivity index (χ0) is 16.2. The summed E-state index contributed by atoms with van der Waals surface area (Å²) in [5.41, 5.74) is 2.52. The van der Waals surface area contributed by atoms with E-state index in [4.69, 9.17) is 11.6 Å². The summed E-state index contributed by atoms with van der Waals surface area (Å²) < 4.78 is 0. The van der Waals surface area contributed by atoms with E-state index >= 15 is 0 Å². The summed E-state index contributed by atoms with van der Waals surface area (Å²) >= 11 is 6.05. The van der Waals surface area contributed by atoms with Crippen molar-refractivity contribution in [1.82, 2.24) is 9.80 Å². The molecule has 2 aromatic carbocycles. The third-order valence-electron chi connectivity index (χ3n) is 4.44. The van der Waals surface area contributed by atoms with Crippen molar-refractivity contribution in [3.63, 3.8) is 0 Å². The molecule has 1 heterocycles. The van der Waals surface area contributed by atoms with Crippen molar-refractivity contribution >= 4 is 11.6 Å². The highest BCUT2D eigenvalue weighted by molar-refractivity contribution is 6.30. The van der Waals surface area contributed by atoms with E-state index in [2.05, 4.69) is 48.2 Å². The van der Waals surface area contributed by atoms with E-state index in [-0.39, 0.29) is 6.04 Å². The predicted molar refractivity (Wildman–Crippen MR) is 94.2 cm³/mol. The van der Waals surface area contributed by atoms with Crippen LogP contribution in [0.5, 0.6) is 0 Å². The molecule has 1 aliphatic rings. The van der Waals surface area contributed by atoms with Gasteiger partial charge in [0, 0.05) is 31.2 Å². The molecule has 3 nitrogen and oxygen atoms in total. The molecule has 2 aromatic rings. The molecule has 23 heavy (non-hydrogen) atoms. The van der Waals surface area contributed by atoms with E-state index in [9.17, 15) is 5.11 Å². The van der Waals surface area contributed by atoms with E-state index in [0.29, 0.717) is 0 Å². The molecule has 3 rings (SSSR count). The Morgan fingerprint density at radius 3 is 1.91 bits per heavy atom. The first-order valence-corrected chi connectivity index (χ1v) is 8.32. The summed E-state index contributed by atoms with van der Waals surface area (Å²) in [6.45, 7) is 7.14. The van der Waals surface area contributed by atoms with Gasteiger partial charge in [0.05, 0.1) is 6.04 Å². The molecule has 0 aromatic heterocycles. The molecule has 0 saturated carbocycles. The van der Waals surface area contributed by atoms with Gasteiger partial charge in [-0.15, -0.1) is 0 Å². The van der Waals surface area contributed by atoms with Crippen LogP contribution >= 0.6 is 11.6 Å². The molecule has 2 atom stereocenters. The molecule has 0 aliphatic carbocycles. The Morgan fingerprint density at radius 2 is 1.35 bits per heavy atom.